The second-order valence-corrected chi connectivity index (χ2v) is 7.38. The predicted molar refractivity (Wildman–Crippen MR) is 124 cm³/mol. The Bertz CT molecular complexity index is 1030. The minimum absolute atomic E-state index is 0.0689. The fourth-order valence-electron chi connectivity index (χ4n) is 3.46. The molecule has 0 spiro atoms. The zero-order chi connectivity index (χ0) is 22.9. The van der Waals surface area contributed by atoms with Crippen molar-refractivity contribution in [3.63, 3.8) is 0 Å². The Hall–Kier alpha value is -3.33. The Balaban J connectivity index is 1.73. The van der Waals surface area contributed by atoms with Crippen molar-refractivity contribution in [1.82, 2.24) is 19.4 Å². The molecule has 3 aromatic rings. The Kier molecular flexibility index (Phi) is 8.27. The molecule has 0 aliphatic heterocycles. The van der Waals surface area contributed by atoms with Crippen LogP contribution < -0.4 is 14.8 Å². The number of ether oxygens (including phenoxy) is 2. The average Bonchev–Trinajstić information content (AvgIpc) is 3.25. The van der Waals surface area contributed by atoms with Crippen molar-refractivity contribution in [2.45, 2.75) is 33.2 Å². The van der Waals surface area contributed by atoms with E-state index in [-0.39, 0.29) is 6.42 Å². The van der Waals surface area contributed by atoms with E-state index < -0.39 is 5.97 Å². The van der Waals surface area contributed by atoms with Crippen LogP contribution in [-0.4, -0.2) is 63.9 Å². The summed E-state index contributed by atoms with van der Waals surface area (Å²) < 4.78 is 13.4. The molecular weight excluding hydrogens is 410 g/mol. The summed E-state index contributed by atoms with van der Waals surface area (Å²) in [4.78, 5) is 21.9. The molecule has 9 heteroatoms. The fourth-order valence-corrected chi connectivity index (χ4v) is 3.46. The summed E-state index contributed by atoms with van der Waals surface area (Å²) in [6.45, 7) is 8.38. The Morgan fingerprint density at radius 1 is 1.22 bits per heavy atom. The van der Waals surface area contributed by atoms with Gasteiger partial charge in [0.2, 0.25) is 0 Å². The maximum Gasteiger partial charge on any atom is 0.305 e. The number of carbonyl (C=O) groups is 1. The average molecular weight is 442 g/mol. The number of aliphatic carboxylic acids is 1. The van der Waals surface area contributed by atoms with Gasteiger partial charge in [-0.25, -0.2) is 9.97 Å². The molecule has 0 unspecified atom stereocenters. The molecule has 172 valence electrons. The molecule has 0 aliphatic rings. The smallest absolute Gasteiger partial charge is 0.305 e. The van der Waals surface area contributed by atoms with Crippen LogP contribution >= 0.6 is 0 Å². The van der Waals surface area contributed by atoms with Gasteiger partial charge in [0.15, 0.2) is 11.5 Å². The number of hydrogen-bond acceptors (Lipinski definition) is 7. The van der Waals surface area contributed by atoms with E-state index in [0.29, 0.717) is 30.5 Å². The van der Waals surface area contributed by atoms with Gasteiger partial charge < -0.3 is 29.4 Å². The summed E-state index contributed by atoms with van der Waals surface area (Å²) in [7, 11) is 1.61. The maximum absolute atomic E-state index is 10.8. The number of fused-ring (bicyclic) bond motifs is 1. The highest BCUT2D eigenvalue weighted by molar-refractivity contribution is 5.93. The standard InChI is InChI=1S/C23H31N5O4/c1-4-27(5-2)9-6-12-32-21-14-19-18(13-20(21)31-3)23(25-16-24-19)26-17-7-10-28(15-17)11-8-22(29)30/h7,10,13-16H,4-6,8-9,11-12H2,1-3H3,(H,29,30)(H,24,25,26). The van der Waals surface area contributed by atoms with Gasteiger partial charge >= 0.3 is 5.97 Å². The molecule has 0 saturated carbocycles. The van der Waals surface area contributed by atoms with Crippen molar-refractivity contribution in [3.05, 3.63) is 36.9 Å². The van der Waals surface area contributed by atoms with E-state index in [2.05, 4.69) is 34.0 Å². The molecule has 2 N–H and O–H groups in total. The van der Waals surface area contributed by atoms with Crippen LogP contribution in [0.15, 0.2) is 36.9 Å². The number of benzene rings is 1. The number of carboxylic acids is 1. The third-order valence-electron chi connectivity index (χ3n) is 5.29. The molecule has 2 heterocycles. The number of rotatable bonds is 13. The molecule has 0 fully saturated rings. The molecule has 2 aromatic heterocycles. The monoisotopic (exact) mass is 441 g/mol. The number of nitrogens with one attached hydrogen (secondary N) is 1. The van der Waals surface area contributed by atoms with Crippen LogP contribution in [0, 0.1) is 0 Å². The molecule has 3 rings (SSSR count). The van der Waals surface area contributed by atoms with E-state index in [1.165, 1.54) is 6.33 Å². The van der Waals surface area contributed by atoms with E-state index in [9.17, 15) is 4.79 Å². The first kappa shape index (κ1) is 23.3. The molecule has 1 aromatic carbocycles. The van der Waals surface area contributed by atoms with E-state index in [1.807, 2.05) is 35.2 Å². The third kappa shape index (κ3) is 6.10. The lowest BCUT2D eigenvalue weighted by atomic mass is 10.2. The number of methoxy groups -OCH3 is 1. The summed E-state index contributed by atoms with van der Waals surface area (Å²) in [6.07, 6.45) is 6.18. The van der Waals surface area contributed by atoms with Crippen LogP contribution in [0.4, 0.5) is 11.5 Å². The van der Waals surface area contributed by atoms with Crippen molar-refractivity contribution in [2.75, 3.05) is 38.7 Å². The van der Waals surface area contributed by atoms with Gasteiger partial charge in [0, 0.05) is 36.9 Å². The quantitative estimate of drug-likeness (QED) is 0.387. The zero-order valence-electron chi connectivity index (χ0n) is 18.9. The Morgan fingerprint density at radius 3 is 2.75 bits per heavy atom. The van der Waals surface area contributed by atoms with Gasteiger partial charge in [-0.2, -0.15) is 0 Å². The number of anilines is 2. The highest BCUT2D eigenvalue weighted by Crippen LogP contribution is 2.34. The van der Waals surface area contributed by atoms with E-state index in [1.54, 1.807) is 7.11 Å². The Labute approximate surface area is 188 Å². The first-order valence-corrected chi connectivity index (χ1v) is 10.9. The van der Waals surface area contributed by atoms with E-state index in [4.69, 9.17) is 14.6 Å². The molecule has 0 atom stereocenters. The molecular formula is C23H31N5O4. The topological polar surface area (TPSA) is 102 Å². The molecule has 0 saturated heterocycles. The van der Waals surface area contributed by atoms with Gasteiger partial charge in [0.1, 0.15) is 12.1 Å². The van der Waals surface area contributed by atoms with Gasteiger partial charge in [0.25, 0.3) is 0 Å². The number of aryl methyl sites for hydroxylation is 1. The lowest BCUT2D eigenvalue weighted by molar-refractivity contribution is -0.137. The number of hydrogen-bond donors (Lipinski definition) is 2. The van der Waals surface area contributed by atoms with Gasteiger partial charge in [-0.05, 0) is 31.6 Å². The second kappa shape index (κ2) is 11.3. The van der Waals surface area contributed by atoms with Crippen molar-refractivity contribution in [3.8, 4) is 11.5 Å². The van der Waals surface area contributed by atoms with Crippen LogP contribution in [0.25, 0.3) is 10.9 Å². The molecule has 0 aliphatic carbocycles. The molecule has 0 bridgehead atoms. The zero-order valence-corrected chi connectivity index (χ0v) is 18.9. The summed E-state index contributed by atoms with van der Waals surface area (Å²) in [5.74, 6) is 1.09. The van der Waals surface area contributed by atoms with Crippen LogP contribution in [0.3, 0.4) is 0 Å². The van der Waals surface area contributed by atoms with Crippen LogP contribution in [0.1, 0.15) is 26.7 Å². The van der Waals surface area contributed by atoms with E-state index >= 15 is 0 Å². The van der Waals surface area contributed by atoms with Crippen LogP contribution in [0.2, 0.25) is 0 Å². The minimum atomic E-state index is -0.826. The van der Waals surface area contributed by atoms with Crippen LogP contribution in [0.5, 0.6) is 11.5 Å². The summed E-state index contributed by atoms with van der Waals surface area (Å²) in [5, 5.41) is 12.9. The summed E-state index contributed by atoms with van der Waals surface area (Å²) in [5.41, 5.74) is 1.55. The van der Waals surface area contributed by atoms with Crippen molar-refractivity contribution in [2.24, 2.45) is 0 Å². The molecule has 9 nitrogen and oxygen atoms in total. The molecule has 0 radical (unpaired) electrons. The van der Waals surface area contributed by atoms with Crippen molar-refractivity contribution < 1.29 is 19.4 Å². The predicted octanol–water partition coefficient (Wildman–Crippen LogP) is 3.77. The lowest BCUT2D eigenvalue weighted by Crippen LogP contribution is -2.25. The van der Waals surface area contributed by atoms with Crippen molar-refractivity contribution in [1.29, 1.82) is 0 Å². The maximum atomic E-state index is 10.8. The Morgan fingerprint density at radius 2 is 2.03 bits per heavy atom. The van der Waals surface area contributed by atoms with Crippen molar-refractivity contribution >= 4 is 28.4 Å². The fraction of sp³-hybridized carbons (Fsp3) is 0.435. The number of aromatic nitrogens is 3. The van der Waals surface area contributed by atoms with Crippen LogP contribution in [-0.2, 0) is 11.3 Å². The minimum Gasteiger partial charge on any atom is -0.493 e. The SMILES string of the molecule is CCN(CC)CCCOc1cc2ncnc(Nc3ccn(CCC(=O)O)c3)c2cc1OC. The lowest BCUT2D eigenvalue weighted by Gasteiger charge is -2.18. The normalized spacial score (nSPS) is 11.1. The third-order valence-corrected chi connectivity index (χ3v) is 5.29. The van der Waals surface area contributed by atoms with Gasteiger partial charge in [-0.3, -0.25) is 4.79 Å². The number of carboxylic acid groups (broad SMARTS) is 1. The van der Waals surface area contributed by atoms with Gasteiger partial charge in [-0.15, -0.1) is 0 Å². The summed E-state index contributed by atoms with van der Waals surface area (Å²) >= 11 is 0. The largest absolute Gasteiger partial charge is 0.493 e. The number of nitrogens with zero attached hydrogens (tertiary/aromatic N) is 4. The highest BCUT2D eigenvalue weighted by atomic mass is 16.5. The second-order valence-electron chi connectivity index (χ2n) is 7.38. The summed E-state index contributed by atoms with van der Waals surface area (Å²) in [6, 6.07) is 5.62. The first-order chi connectivity index (χ1) is 15.5. The first-order valence-electron chi connectivity index (χ1n) is 10.9. The van der Waals surface area contributed by atoms with E-state index in [0.717, 1.165) is 42.6 Å². The highest BCUT2D eigenvalue weighted by Gasteiger charge is 2.12. The molecule has 32 heavy (non-hydrogen) atoms. The van der Waals surface area contributed by atoms with Gasteiger partial charge in [-0.1, -0.05) is 13.8 Å². The molecule has 0 amide bonds. The van der Waals surface area contributed by atoms with Gasteiger partial charge in [0.05, 0.1) is 31.3 Å².